The first kappa shape index (κ1) is 20.2. The molecule has 0 atom stereocenters. The maximum absolute atomic E-state index is 12.8. The third-order valence-electron chi connectivity index (χ3n) is 5.32. The van der Waals surface area contributed by atoms with Gasteiger partial charge in [-0.1, -0.05) is 53.6 Å². The van der Waals surface area contributed by atoms with Crippen LogP contribution in [-0.4, -0.2) is 46.8 Å². The highest BCUT2D eigenvalue weighted by molar-refractivity contribution is 6.33. The van der Waals surface area contributed by atoms with Crippen molar-refractivity contribution in [2.45, 2.75) is 13.5 Å². The van der Waals surface area contributed by atoms with E-state index in [-0.39, 0.29) is 18.0 Å². The maximum Gasteiger partial charge on any atom is 0.267 e. The number of aryl methyl sites for hydroxylation is 1. The summed E-state index contributed by atoms with van der Waals surface area (Å²) < 4.78 is 1.25. The lowest BCUT2D eigenvalue weighted by molar-refractivity contribution is -0.132. The Bertz CT molecular complexity index is 1100. The lowest BCUT2D eigenvalue weighted by Crippen LogP contribution is -2.50. The van der Waals surface area contributed by atoms with Gasteiger partial charge in [0.05, 0.1) is 16.4 Å². The fourth-order valence-corrected chi connectivity index (χ4v) is 3.83. The van der Waals surface area contributed by atoms with Gasteiger partial charge in [-0.15, -0.1) is 0 Å². The van der Waals surface area contributed by atoms with Gasteiger partial charge in [0.25, 0.3) is 5.56 Å². The van der Waals surface area contributed by atoms with Gasteiger partial charge >= 0.3 is 0 Å². The molecule has 0 saturated carbocycles. The van der Waals surface area contributed by atoms with Crippen molar-refractivity contribution < 1.29 is 4.79 Å². The van der Waals surface area contributed by atoms with E-state index >= 15 is 0 Å². The van der Waals surface area contributed by atoms with Crippen LogP contribution < -0.4 is 10.5 Å². The zero-order valence-electron chi connectivity index (χ0n) is 16.8. The van der Waals surface area contributed by atoms with Gasteiger partial charge < -0.3 is 9.80 Å². The van der Waals surface area contributed by atoms with Gasteiger partial charge in [0.2, 0.25) is 5.91 Å². The highest BCUT2D eigenvalue weighted by Crippen LogP contribution is 2.26. The number of nitrogens with zero attached hydrogens (tertiary/aromatic N) is 4. The van der Waals surface area contributed by atoms with E-state index in [2.05, 4.69) is 10.00 Å². The summed E-state index contributed by atoms with van der Waals surface area (Å²) >= 11 is 6.29. The number of rotatable bonds is 4. The minimum absolute atomic E-state index is 0.0649. The molecule has 0 spiro atoms. The van der Waals surface area contributed by atoms with Gasteiger partial charge in [0, 0.05) is 37.8 Å². The van der Waals surface area contributed by atoms with Gasteiger partial charge in [-0.25, -0.2) is 4.68 Å². The summed E-state index contributed by atoms with van der Waals surface area (Å²) in [6, 6.07) is 18.8. The highest BCUT2D eigenvalue weighted by atomic mass is 35.5. The van der Waals surface area contributed by atoms with Crippen LogP contribution in [0.3, 0.4) is 0 Å². The molecule has 6 nitrogen and oxygen atoms in total. The molecule has 2 aromatic carbocycles. The van der Waals surface area contributed by atoms with Crippen LogP contribution in [0.5, 0.6) is 0 Å². The minimum Gasteiger partial charge on any atom is -0.367 e. The number of carbonyl (C=O) groups is 1. The van der Waals surface area contributed by atoms with Crippen molar-refractivity contribution in [1.29, 1.82) is 0 Å². The summed E-state index contributed by atoms with van der Waals surface area (Å²) in [5.74, 6) is -0.107. The first-order chi connectivity index (χ1) is 14.5. The lowest BCUT2D eigenvalue weighted by Gasteiger charge is -2.36. The molecule has 1 saturated heterocycles. The second-order valence-corrected chi connectivity index (χ2v) is 7.81. The molecule has 1 aromatic heterocycles. The molecule has 1 amide bonds. The first-order valence-electron chi connectivity index (χ1n) is 9.94. The van der Waals surface area contributed by atoms with Crippen LogP contribution in [0.25, 0.3) is 11.3 Å². The third-order valence-corrected chi connectivity index (χ3v) is 5.64. The highest BCUT2D eigenvalue weighted by Gasteiger charge is 2.23. The lowest BCUT2D eigenvalue weighted by atomic mass is 10.1. The molecule has 0 N–H and O–H groups in total. The largest absolute Gasteiger partial charge is 0.367 e. The molecular formula is C23H23ClN4O2. The smallest absolute Gasteiger partial charge is 0.267 e. The average Bonchev–Trinajstić information content (AvgIpc) is 2.76. The van der Waals surface area contributed by atoms with E-state index in [0.717, 1.165) is 16.8 Å². The second kappa shape index (κ2) is 8.71. The Balaban J connectivity index is 1.43. The normalized spacial score (nSPS) is 14.1. The molecule has 4 rings (SSSR count). The number of aromatic nitrogens is 2. The standard InChI is InChI=1S/C23H23ClN4O2/c1-17-6-8-18(9-7-17)20-10-11-22(29)28(25-20)16-23(30)27-14-12-26(13-15-27)21-5-3-2-4-19(21)24/h2-11H,12-16H2,1H3. The molecular weight excluding hydrogens is 400 g/mol. The molecule has 1 aliphatic rings. The molecule has 30 heavy (non-hydrogen) atoms. The van der Waals surface area contributed by atoms with Crippen LogP contribution in [0.4, 0.5) is 5.69 Å². The molecule has 154 valence electrons. The molecule has 0 aliphatic carbocycles. The number of halogens is 1. The van der Waals surface area contributed by atoms with E-state index in [1.54, 1.807) is 11.0 Å². The topological polar surface area (TPSA) is 58.4 Å². The van der Waals surface area contributed by atoms with Crippen LogP contribution in [0.2, 0.25) is 5.02 Å². The molecule has 7 heteroatoms. The van der Waals surface area contributed by atoms with Gasteiger partial charge in [-0.3, -0.25) is 9.59 Å². The Morgan fingerprint density at radius 3 is 2.37 bits per heavy atom. The molecule has 2 heterocycles. The Hall–Kier alpha value is -3.12. The summed E-state index contributed by atoms with van der Waals surface area (Å²) in [4.78, 5) is 29.0. The number of benzene rings is 2. The summed E-state index contributed by atoms with van der Waals surface area (Å²) in [6.45, 7) is 4.50. The number of carbonyl (C=O) groups excluding carboxylic acids is 1. The van der Waals surface area contributed by atoms with E-state index in [9.17, 15) is 9.59 Å². The van der Waals surface area contributed by atoms with Crippen LogP contribution in [-0.2, 0) is 11.3 Å². The van der Waals surface area contributed by atoms with Crippen molar-refractivity contribution in [3.05, 3.63) is 81.6 Å². The molecule has 1 aliphatic heterocycles. The van der Waals surface area contributed by atoms with Crippen molar-refractivity contribution in [3.63, 3.8) is 0 Å². The predicted molar refractivity (Wildman–Crippen MR) is 119 cm³/mol. The Labute approximate surface area is 180 Å². The van der Waals surface area contributed by atoms with Crippen LogP contribution in [0.1, 0.15) is 5.56 Å². The number of amides is 1. The quantitative estimate of drug-likeness (QED) is 0.647. The zero-order chi connectivity index (χ0) is 21.1. The van der Waals surface area contributed by atoms with Crippen molar-refractivity contribution in [2.75, 3.05) is 31.1 Å². The number of para-hydroxylation sites is 1. The van der Waals surface area contributed by atoms with E-state index in [1.165, 1.54) is 10.7 Å². The fourth-order valence-electron chi connectivity index (χ4n) is 3.57. The monoisotopic (exact) mass is 422 g/mol. The maximum atomic E-state index is 12.8. The first-order valence-corrected chi connectivity index (χ1v) is 10.3. The Morgan fingerprint density at radius 2 is 1.67 bits per heavy atom. The predicted octanol–water partition coefficient (Wildman–Crippen LogP) is 3.22. The number of anilines is 1. The summed E-state index contributed by atoms with van der Waals surface area (Å²) in [6.07, 6.45) is 0. The fraction of sp³-hybridized carbons (Fsp3) is 0.261. The molecule has 0 radical (unpaired) electrons. The summed E-state index contributed by atoms with van der Waals surface area (Å²) in [7, 11) is 0. The second-order valence-electron chi connectivity index (χ2n) is 7.40. The molecule has 0 unspecified atom stereocenters. The molecule has 3 aromatic rings. The number of hydrogen-bond acceptors (Lipinski definition) is 4. The van der Waals surface area contributed by atoms with Crippen molar-refractivity contribution in [2.24, 2.45) is 0 Å². The van der Waals surface area contributed by atoms with Gasteiger partial charge in [0.15, 0.2) is 0 Å². The molecule has 1 fully saturated rings. The van der Waals surface area contributed by atoms with Crippen LogP contribution >= 0.6 is 11.6 Å². The number of hydrogen-bond donors (Lipinski definition) is 0. The number of piperazine rings is 1. The van der Waals surface area contributed by atoms with Crippen molar-refractivity contribution in [1.82, 2.24) is 14.7 Å². The minimum atomic E-state index is -0.283. The third kappa shape index (κ3) is 4.39. The van der Waals surface area contributed by atoms with Gasteiger partial charge in [-0.05, 0) is 25.1 Å². The van der Waals surface area contributed by atoms with Crippen molar-refractivity contribution in [3.8, 4) is 11.3 Å². The van der Waals surface area contributed by atoms with Crippen molar-refractivity contribution >= 4 is 23.2 Å². The Morgan fingerprint density at radius 1 is 0.967 bits per heavy atom. The summed E-state index contributed by atoms with van der Waals surface area (Å²) in [5.41, 5.74) is 3.43. The van der Waals surface area contributed by atoms with E-state index in [1.807, 2.05) is 55.5 Å². The SMILES string of the molecule is Cc1ccc(-c2ccc(=O)n(CC(=O)N3CCN(c4ccccc4Cl)CC3)n2)cc1. The van der Waals surface area contributed by atoms with E-state index in [4.69, 9.17) is 11.6 Å². The van der Waals surface area contributed by atoms with Crippen LogP contribution in [0.15, 0.2) is 65.5 Å². The average molecular weight is 423 g/mol. The van der Waals surface area contributed by atoms with Gasteiger partial charge in [-0.2, -0.15) is 5.10 Å². The van der Waals surface area contributed by atoms with Crippen LogP contribution in [0, 0.1) is 6.92 Å². The molecule has 0 bridgehead atoms. The van der Waals surface area contributed by atoms with E-state index in [0.29, 0.717) is 36.9 Å². The van der Waals surface area contributed by atoms with E-state index < -0.39 is 0 Å². The van der Waals surface area contributed by atoms with Gasteiger partial charge in [0.1, 0.15) is 6.54 Å². The Kier molecular flexibility index (Phi) is 5.86. The summed E-state index contributed by atoms with van der Waals surface area (Å²) in [5, 5.41) is 5.12. The zero-order valence-corrected chi connectivity index (χ0v) is 17.5.